The van der Waals surface area contributed by atoms with Crippen molar-refractivity contribution in [3.8, 4) is 5.75 Å². The van der Waals surface area contributed by atoms with Gasteiger partial charge in [-0.1, -0.05) is 25.1 Å². The van der Waals surface area contributed by atoms with Crippen LogP contribution in [-0.4, -0.2) is 19.7 Å². The summed E-state index contributed by atoms with van der Waals surface area (Å²) >= 11 is 0. The third-order valence-corrected chi connectivity index (χ3v) is 4.19. The molecule has 1 aromatic carbocycles. The van der Waals surface area contributed by atoms with Crippen molar-refractivity contribution < 1.29 is 4.74 Å². The number of ether oxygens (including phenoxy) is 1. The van der Waals surface area contributed by atoms with Crippen molar-refractivity contribution in [2.75, 3.05) is 19.7 Å². The van der Waals surface area contributed by atoms with E-state index in [4.69, 9.17) is 4.74 Å². The zero-order valence-corrected chi connectivity index (χ0v) is 10.5. The number of hydrogen-bond acceptors (Lipinski definition) is 2. The second-order valence-electron chi connectivity index (χ2n) is 5.53. The third-order valence-electron chi connectivity index (χ3n) is 4.19. The van der Waals surface area contributed by atoms with Crippen molar-refractivity contribution >= 4 is 0 Å². The quantitative estimate of drug-likeness (QED) is 0.841. The summed E-state index contributed by atoms with van der Waals surface area (Å²) in [5.74, 6) is 1.73. The highest BCUT2D eigenvalue weighted by molar-refractivity contribution is 5.39. The van der Waals surface area contributed by atoms with E-state index in [2.05, 4.69) is 36.5 Å². The average molecular weight is 231 g/mol. The van der Waals surface area contributed by atoms with Gasteiger partial charge < -0.3 is 10.1 Å². The van der Waals surface area contributed by atoms with E-state index >= 15 is 0 Å². The molecule has 3 rings (SSSR count). The molecule has 0 bridgehead atoms. The van der Waals surface area contributed by atoms with E-state index in [1.807, 2.05) is 0 Å². The van der Waals surface area contributed by atoms with E-state index in [1.165, 1.54) is 31.4 Å². The fraction of sp³-hybridized carbons (Fsp3) is 0.600. The molecule has 1 aromatic rings. The number of nitrogens with one attached hydrogen (secondary N) is 1. The fourth-order valence-corrected chi connectivity index (χ4v) is 2.94. The summed E-state index contributed by atoms with van der Waals surface area (Å²) in [7, 11) is 0. The zero-order valence-electron chi connectivity index (χ0n) is 10.5. The van der Waals surface area contributed by atoms with Crippen LogP contribution in [0.15, 0.2) is 24.3 Å². The largest absolute Gasteiger partial charge is 0.493 e. The molecule has 1 fully saturated rings. The summed E-state index contributed by atoms with van der Waals surface area (Å²) in [4.78, 5) is 0. The highest BCUT2D eigenvalue weighted by Gasteiger charge is 2.45. The maximum absolute atomic E-state index is 5.77. The lowest BCUT2D eigenvalue weighted by Crippen LogP contribution is -2.25. The summed E-state index contributed by atoms with van der Waals surface area (Å²) in [6.07, 6.45) is 4.06. The highest BCUT2D eigenvalue weighted by atomic mass is 16.5. The Morgan fingerprint density at radius 3 is 2.94 bits per heavy atom. The van der Waals surface area contributed by atoms with Crippen LogP contribution in [0.3, 0.4) is 0 Å². The van der Waals surface area contributed by atoms with Crippen LogP contribution in [0.5, 0.6) is 5.75 Å². The van der Waals surface area contributed by atoms with Crippen LogP contribution in [0.2, 0.25) is 0 Å². The van der Waals surface area contributed by atoms with Gasteiger partial charge in [0.2, 0.25) is 0 Å². The third kappa shape index (κ3) is 2.19. The summed E-state index contributed by atoms with van der Waals surface area (Å²) in [5.41, 5.74) is 2.00. The molecular weight excluding hydrogens is 210 g/mol. The molecule has 0 amide bonds. The molecule has 0 spiro atoms. The van der Waals surface area contributed by atoms with Crippen LogP contribution in [-0.2, 0) is 0 Å². The van der Waals surface area contributed by atoms with Crippen molar-refractivity contribution in [1.82, 2.24) is 5.32 Å². The maximum atomic E-state index is 5.77. The Morgan fingerprint density at radius 1 is 1.35 bits per heavy atom. The topological polar surface area (TPSA) is 21.3 Å². The molecule has 1 atom stereocenters. The van der Waals surface area contributed by atoms with Crippen molar-refractivity contribution in [2.45, 2.75) is 32.1 Å². The molecule has 0 saturated heterocycles. The summed E-state index contributed by atoms with van der Waals surface area (Å²) < 4.78 is 5.77. The van der Waals surface area contributed by atoms with Gasteiger partial charge >= 0.3 is 0 Å². The molecular formula is C15H21NO. The van der Waals surface area contributed by atoms with Gasteiger partial charge in [0, 0.05) is 18.0 Å². The SMILES string of the molecule is CCNCC1(CC2COc3ccccc32)CC1. The van der Waals surface area contributed by atoms with Crippen LogP contribution in [0.1, 0.15) is 37.7 Å². The Labute approximate surface area is 103 Å². The van der Waals surface area contributed by atoms with Crippen molar-refractivity contribution in [3.63, 3.8) is 0 Å². The molecule has 2 heteroatoms. The number of hydrogen-bond donors (Lipinski definition) is 1. The first kappa shape index (κ1) is 11.1. The van der Waals surface area contributed by atoms with Gasteiger partial charge in [0.15, 0.2) is 0 Å². The lowest BCUT2D eigenvalue weighted by molar-refractivity contribution is 0.296. The van der Waals surface area contributed by atoms with Gasteiger partial charge in [0.1, 0.15) is 5.75 Å². The fourth-order valence-electron chi connectivity index (χ4n) is 2.94. The van der Waals surface area contributed by atoms with Gasteiger partial charge in [-0.25, -0.2) is 0 Å². The van der Waals surface area contributed by atoms with Crippen molar-refractivity contribution in [3.05, 3.63) is 29.8 Å². The first-order chi connectivity index (χ1) is 8.33. The van der Waals surface area contributed by atoms with E-state index in [0.717, 1.165) is 18.9 Å². The van der Waals surface area contributed by atoms with Crippen LogP contribution < -0.4 is 10.1 Å². The first-order valence-corrected chi connectivity index (χ1v) is 6.75. The standard InChI is InChI=1S/C15H21NO/c1-2-16-11-15(7-8-15)9-12-10-17-14-6-4-3-5-13(12)14/h3-6,12,16H,2,7-11H2,1H3. The summed E-state index contributed by atoms with van der Waals surface area (Å²) in [6.45, 7) is 5.33. The lowest BCUT2D eigenvalue weighted by Gasteiger charge is -2.19. The second kappa shape index (κ2) is 4.34. The molecule has 1 N–H and O–H groups in total. The molecule has 1 heterocycles. The summed E-state index contributed by atoms with van der Waals surface area (Å²) in [6, 6.07) is 8.52. The smallest absolute Gasteiger partial charge is 0.122 e. The molecule has 17 heavy (non-hydrogen) atoms. The molecule has 92 valence electrons. The van der Waals surface area contributed by atoms with Gasteiger partial charge in [0.05, 0.1) is 6.61 Å². The number of benzene rings is 1. The van der Waals surface area contributed by atoms with Gasteiger partial charge in [-0.2, -0.15) is 0 Å². The lowest BCUT2D eigenvalue weighted by atomic mass is 9.88. The van der Waals surface area contributed by atoms with Gasteiger partial charge in [-0.3, -0.25) is 0 Å². The van der Waals surface area contributed by atoms with Crippen molar-refractivity contribution in [2.24, 2.45) is 5.41 Å². The van der Waals surface area contributed by atoms with Crippen LogP contribution in [0, 0.1) is 5.41 Å². The number of fused-ring (bicyclic) bond motifs is 1. The predicted molar refractivity (Wildman–Crippen MR) is 69.5 cm³/mol. The average Bonchev–Trinajstić information content (AvgIpc) is 3.01. The minimum atomic E-state index is 0.571. The Kier molecular flexibility index (Phi) is 2.83. The van der Waals surface area contributed by atoms with E-state index in [9.17, 15) is 0 Å². The Bertz CT molecular complexity index is 398. The molecule has 1 unspecified atom stereocenters. The molecule has 1 aliphatic carbocycles. The van der Waals surface area contributed by atoms with Gasteiger partial charge in [0.25, 0.3) is 0 Å². The number of para-hydroxylation sites is 1. The first-order valence-electron chi connectivity index (χ1n) is 6.75. The van der Waals surface area contributed by atoms with Gasteiger partial charge in [-0.05, 0) is 37.3 Å². The Morgan fingerprint density at radius 2 is 2.18 bits per heavy atom. The van der Waals surface area contributed by atoms with E-state index in [0.29, 0.717) is 11.3 Å². The highest BCUT2D eigenvalue weighted by Crippen LogP contribution is 2.53. The molecule has 1 saturated carbocycles. The van der Waals surface area contributed by atoms with E-state index < -0.39 is 0 Å². The minimum absolute atomic E-state index is 0.571. The van der Waals surface area contributed by atoms with Crippen molar-refractivity contribution in [1.29, 1.82) is 0 Å². The van der Waals surface area contributed by atoms with Gasteiger partial charge in [-0.15, -0.1) is 0 Å². The maximum Gasteiger partial charge on any atom is 0.122 e. The Hall–Kier alpha value is -1.02. The second-order valence-corrected chi connectivity index (χ2v) is 5.53. The molecule has 2 aliphatic rings. The Balaban J connectivity index is 1.67. The van der Waals surface area contributed by atoms with E-state index in [1.54, 1.807) is 0 Å². The molecule has 2 nitrogen and oxygen atoms in total. The van der Waals surface area contributed by atoms with Crippen LogP contribution in [0.4, 0.5) is 0 Å². The molecule has 0 aromatic heterocycles. The van der Waals surface area contributed by atoms with E-state index in [-0.39, 0.29) is 0 Å². The molecule has 1 aliphatic heterocycles. The molecule has 0 radical (unpaired) electrons. The predicted octanol–water partition coefficient (Wildman–Crippen LogP) is 2.94. The van der Waals surface area contributed by atoms with Crippen LogP contribution in [0.25, 0.3) is 0 Å². The zero-order chi connectivity index (χ0) is 11.7. The summed E-state index contributed by atoms with van der Waals surface area (Å²) in [5, 5.41) is 3.51. The van der Waals surface area contributed by atoms with Crippen LogP contribution >= 0.6 is 0 Å². The monoisotopic (exact) mass is 231 g/mol. The number of rotatable bonds is 5. The minimum Gasteiger partial charge on any atom is -0.493 e. The normalized spacial score (nSPS) is 24.2.